The van der Waals surface area contributed by atoms with Gasteiger partial charge in [0.2, 0.25) is 0 Å². The molecule has 0 saturated carbocycles. The summed E-state index contributed by atoms with van der Waals surface area (Å²) in [7, 11) is -3.93. The van der Waals surface area contributed by atoms with Crippen molar-refractivity contribution in [3.05, 3.63) is 30.1 Å². The summed E-state index contributed by atoms with van der Waals surface area (Å²) in [4.78, 5) is 0. The minimum Gasteiger partial charge on any atom is -0.418 e. The fourth-order valence-corrected chi connectivity index (χ4v) is 0.926. The van der Waals surface area contributed by atoms with Gasteiger partial charge in [0.1, 0.15) is 7.05 Å². The summed E-state index contributed by atoms with van der Waals surface area (Å²) in [6.07, 6.45) is 3.18. The van der Waals surface area contributed by atoms with Gasteiger partial charge in [0.25, 0.3) is 0 Å². The molecular weight excluding hydrogens is 197 g/mol. The van der Waals surface area contributed by atoms with Gasteiger partial charge in [0.05, 0.1) is 0 Å². The SMILES string of the molecule is CCc1cccc[n+]1C.F[B-](F)(F)F. The Morgan fingerprint density at radius 3 is 2.00 bits per heavy atom. The van der Waals surface area contributed by atoms with Crippen molar-refractivity contribution in [2.45, 2.75) is 13.3 Å². The number of aromatic nitrogens is 1. The number of hydrogen-bond donors (Lipinski definition) is 0. The molecule has 0 unspecified atom stereocenters. The zero-order valence-electron chi connectivity index (χ0n) is 8.05. The van der Waals surface area contributed by atoms with Crippen LogP contribution < -0.4 is 4.57 Å². The highest BCUT2D eigenvalue weighted by atomic mass is 19.5. The third-order valence-electron chi connectivity index (χ3n) is 1.52. The van der Waals surface area contributed by atoms with E-state index in [1.165, 1.54) is 5.69 Å². The van der Waals surface area contributed by atoms with Gasteiger partial charge >= 0.3 is 7.25 Å². The van der Waals surface area contributed by atoms with Crippen molar-refractivity contribution in [2.75, 3.05) is 0 Å². The fraction of sp³-hybridized carbons (Fsp3) is 0.375. The van der Waals surface area contributed by atoms with Crippen LogP contribution >= 0.6 is 0 Å². The Labute approximate surface area is 80.5 Å². The maximum Gasteiger partial charge on any atom is 0.673 e. The van der Waals surface area contributed by atoms with E-state index in [1.807, 2.05) is 6.07 Å². The average Bonchev–Trinajstić information content (AvgIpc) is 2.02. The topological polar surface area (TPSA) is 3.88 Å². The van der Waals surface area contributed by atoms with E-state index in [0.29, 0.717) is 0 Å². The predicted molar refractivity (Wildman–Crippen MR) is 47.2 cm³/mol. The summed E-state index contributed by atoms with van der Waals surface area (Å²) in [5.41, 5.74) is 1.37. The average molecular weight is 209 g/mol. The van der Waals surface area contributed by atoms with Gasteiger partial charge in [-0.2, -0.15) is 0 Å². The molecular formula is C8H12BF4N. The summed E-state index contributed by atoms with van der Waals surface area (Å²) in [5, 5.41) is 0. The first-order chi connectivity index (χ1) is 6.34. The molecule has 0 aliphatic rings. The van der Waals surface area contributed by atoms with E-state index in [-0.39, 0.29) is 0 Å². The van der Waals surface area contributed by atoms with E-state index in [4.69, 9.17) is 0 Å². The molecule has 6 heteroatoms. The molecule has 1 rings (SSSR count). The highest BCUT2D eigenvalue weighted by Gasteiger charge is 2.20. The van der Waals surface area contributed by atoms with Gasteiger partial charge in [0.15, 0.2) is 11.9 Å². The summed E-state index contributed by atoms with van der Waals surface area (Å²) in [6.45, 7) is 2.16. The summed E-state index contributed by atoms with van der Waals surface area (Å²) >= 11 is 0. The molecule has 0 bridgehead atoms. The molecule has 1 aromatic rings. The number of nitrogens with zero attached hydrogens (tertiary/aromatic N) is 1. The second-order valence-electron chi connectivity index (χ2n) is 2.65. The van der Waals surface area contributed by atoms with E-state index in [2.05, 4.69) is 36.9 Å². The van der Waals surface area contributed by atoms with Gasteiger partial charge in [-0.05, 0) is 0 Å². The molecule has 0 saturated heterocycles. The van der Waals surface area contributed by atoms with Gasteiger partial charge in [-0.25, -0.2) is 4.57 Å². The van der Waals surface area contributed by atoms with Crippen LogP contribution in [0.4, 0.5) is 17.3 Å². The van der Waals surface area contributed by atoms with Crippen LogP contribution in [-0.2, 0) is 13.5 Å². The predicted octanol–water partition coefficient (Wildman–Crippen LogP) is 2.37. The third-order valence-corrected chi connectivity index (χ3v) is 1.52. The van der Waals surface area contributed by atoms with Crippen LogP contribution in [0.1, 0.15) is 12.6 Å². The molecule has 0 N–H and O–H groups in total. The molecule has 0 atom stereocenters. The van der Waals surface area contributed by atoms with Gasteiger partial charge in [-0.1, -0.05) is 13.0 Å². The summed E-state index contributed by atoms with van der Waals surface area (Å²) in [5.74, 6) is 0. The Balaban J connectivity index is 0.000000292. The van der Waals surface area contributed by atoms with Crippen molar-refractivity contribution < 1.29 is 21.8 Å². The third kappa shape index (κ3) is 7.58. The van der Waals surface area contributed by atoms with Gasteiger partial charge in [-0.3, -0.25) is 0 Å². The Hall–Kier alpha value is -1.07. The molecule has 1 aromatic heterocycles. The van der Waals surface area contributed by atoms with Crippen LogP contribution in [0.5, 0.6) is 0 Å². The summed E-state index contributed by atoms with van der Waals surface area (Å²) < 4.78 is 41.1. The van der Waals surface area contributed by atoms with Crippen molar-refractivity contribution in [3.8, 4) is 0 Å². The van der Waals surface area contributed by atoms with E-state index in [1.54, 1.807) is 0 Å². The standard InChI is InChI=1S/C8H12N.BF4/c1-3-8-6-4-5-7-9(8)2;2-1(3,4)5/h4-7H,3H2,1-2H3;/q+1;-1. The van der Waals surface area contributed by atoms with E-state index in [9.17, 15) is 17.3 Å². The number of halogens is 4. The van der Waals surface area contributed by atoms with Crippen molar-refractivity contribution >= 4 is 7.25 Å². The number of hydrogen-bond acceptors (Lipinski definition) is 0. The van der Waals surface area contributed by atoms with Gasteiger partial charge in [0, 0.05) is 18.6 Å². The summed E-state index contributed by atoms with van der Waals surface area (Å²) in [6, 6.07) is 6.25. The molecule has 0 fully saturated rings. The number of rotatable bonds is 1. The smallest absolute Gasteiger partial charge is 0.418 e. The van der Waals surface area contributed by atoms with Crippen molar-refractivity contribution in [2.24, 2.45) is 7.05 Å². The second-order valence-corrected chi connectivity index (χ2v) is 2.65. The van der Waals surface area contributed by atoms with Gasteiger partial charge in [-0.15, -0.1) is 0 Å². The molecule has 0 aliphatic carbocycles. The van der Waals surface area contributed by atoms with Crippen LogP contribution in [0.3, 0.4) is 0 Å². The fourth-order valence-electron chi connectivity index (χ4n) is 0.926. The van der Waals surface area contributed by atoms with Crippen molar-refractivity contribution in [1.29, 1.82) is 0 Å². The van der Waals surface area contributed by atoms with Crippen molar-refractivity contribution in [1.82, 2.24) is 0 Å². The molecule has 1 heterocycles. The molecule has 0 aromatic carbocycles. The minimum absolute atomic E-state index is 1.11. The Kier molecular flexibility index (Phi) is 5.19. The molecule has 0 aliphatic heterocycles. The molecule has 0 spiro atoms. The number of aryl methyl sites for hydroxylation is 2. The second kappa shape index (κ2) is 5.62. The first-order valence-electron chi connectivity index (χ1n) is 4.15. The van der Waals surface area contributed by atoms with E-state index < -0.39 is 7.25 Å². The molecule has 14 heavy (non-hydrogen) atoms. The number of pyridine rings is 1. The minimum atomic E-state index is -6.00. The van der Waals surface area contributed by atoms with Crippen LogP contribution in [0.15, 0.2) is 24.4 Å². The highest BCUT2D eigenvalue weighted by Crippen LogP contribution is 2.06. The Morgan fingerprint density at radius 2 is 1.71 bits per heavy atom. The first kappa shape index (κ1) is 12.9. The van der Waals surface area contributed by atoms with Gasteiger partial charge < -0.3 is 17.3 Å². The van der Waals surface area contributed by atoms with Crippen LogP contribution in [-0.4, -0.2) is 7.25 Å². The van der Waals surface area contributed by atoms with Crippen molar-refractivity contribution in [3.63, 3.8) is 0 Å². The Bertz CT molecular complexity index is 268. The maximum atomic E-state index is 9.75. The lowest BCUT2D eigenvalue weighted by molar-refractivity contribution is -0.679. The molecule has 1 nitrogen and oxygen atoms in total. The quantitative estimate of drug-likeness (QED) is 0.379. The Morgan fingerprint density at radius 1 is 1.21 bits per heavy atom. The lowest BCUT2D eigenvalue weighted by Crippen LogP contribution is -2.32. The zero-order valence-corrected chi connectivity index (χ0v) is 8.05. The lowest BCUT2D eigenvalue weighted by Gasteiger charge is -1.94. The molecule has 0 radical (unpaired) electrons. The monoisotopic (exact) mass is 209 g/mol. The van der Waals surface area contributed by atoms with Crippen LogP contribution in [0.25, 0.3) is 0 Å². The lowest BCUT2D eigenvalue weighted by atomic mass is 10.3. The normalized spacial score (nSPS) is 10.4. The van der Waals surface area contributed by atoms with Crippen LogP contribution in [0.2, 0.25) is 0 Å². The zero-order chi connectivity index (χ0) is 11.2. The molecule has 0 amide bonds. The largest absolute Gasteiger partial charge is 0.673 e. The maximum absolute atomic E-state index is 9.75. The van der Waals surface area contributed by atoms with E-state index in [0.717, 1.165) is 6.42 Å². The van der Waals surface area contributed by atoms with E-state index >= 15 is 0 Å². The first-order valence-corrected chi connectivity index (χ1v) is 4.15. The highest BCUT2D eigenvalue weighted by molar-refractivity contribution is 6.50. The van der Waals surface area contributed by atoms with Crippen LogP contribution in [0, 0.1) is 0 Å². The molecule has 80 valence electrons.